The Bertz CT molecular complexity index is 556. The van der Waals surface area contributed by atoms with Crippen LogP contribution < -0.4 is 14.8 Å². The molecule has 132 valence electrons. The van der Waals surface area contributed by atoms with Gasteiger partial charge in [0.25, 0.3) is 0 Å². The van der Waals surface area contributed by atoms with Crippen molar-refractivity contribution in [2.45, 2.75) is 68.1 Å². The number of carbonyl (C=O) groups is 1. The van der Waals surface area contributed by atoms with Crippen molar-refractivity contribution in [2.24, 2.45) is 0 Å². The SMILES string of the molecule is C[C@@H](Sc1ccc2c(c1)OCCCO2)C(=O)NC1CCCCCC1. The summed E-state index contributed by atoms with van der Waals surface area (Å²) in [5.74, 6) is 1.72. The maximum absolute atomic E-state index is 12.5. The van der Waals surface area contributed by atoms with E-state index in [1.807, 2.05) is 25.1 Å². The average molecular weight is 349 g/mol. The Kier molecular flexibility index (Phi) is 6.30. The second-order valence-corrected chi connectivity index (χ2v) is 8.03. The van der Waals surface area contributed by atoms with Gasteiger partial charge in [0, 0.05) is 17.4 Å². The molecule has 5 heteroatoms. The molecule has 0 radical (unpaired) electrons. The number of rotatable bonds is 4. The summed E-state index contributed by atoms with van der Waals surface area (Å²) < 4.78 is 11.4. The molecule has 2 aliphatic rings. The molecule has 0 saturated heterocycles. The lowest BCUT2D eigenvalue weighted by Crippen LogP contribution is -2.39. The number of fused-ring (bicyclic) bond motifs is 1. The zero-order chi connectivity index (χ0) is 16.8. The van der Waals surface area contributed by atoms with Gasteiger partial charge in [-0.25, -0.2) is 0 Å². The highest BCUT2D eigenvalue weighted by Gasteiger charge is 2.20. The fourth-order valence-electron chi connectivity index (χ4n) is 3.22. The molecule has 0 unspecified atom stereocenters. The van der Waals surface area contributed by atoms with E-state index < -0.39 is 0 Å². The normalized spacial score (nSPS) is 19.9. The third kappa shape index (κ3) is 4.82. The first-order chi connectivity index (χ1) is 11.7. The Balaban J connectivity index is 1.56. The smallest absolute Gasteiger partial charge is 0.233 e. The highest BCUT2D eigenvalue weighted by atomic mass is 32.2. The number of carbonyl (C=O) groups excluding carboxylic acids is 1. The molecule has 1 amide bonds. The van der Waals surface area contributed by atoms with E-state index in [-0.39, 0.29) is 11.2 Å². The number of hydrogen-bond donors (Lipinski definition) is 1. The van der Waals surface area contributed by atoms with E-state index in [2.05, 4.69) is 5.32 Å². The standard InChI is InChI=1S/C19H27NO3S/c1-14(19(21)20-15-7-4-2-3-5-8-15)24-16-9-10-17-18(13-16)23-12-6-11-22-17/h9-10,13-15H,2-8,11-12H2,1H3,(H,20,21)/t14-/m1/s1. The lowest BCUT2D eigenvalue weighted by Gasteiger charge is -2.19. The minimum Gasteiger partial charge on any atom is -0.490 e. The van der Waals surface area contributed by atoms with Crippen molar-refractivity contribution < 1.29 is 14.3 Å². The monoisotopic (exact) mass is 349 g/mol. The van der Waals surface area contributed by atoms with Crippen LogP contribution in [0, 0.1) is 0 Å². The zero-order valence-electron chi connectivity index (χ0n) is 14.4. The van der Waals surface area contributed by atoms with Gasteiger partial charge in [0.05, 0.1) is 18.5 Å². The zero-order valence-corrected chi connectivity index (χ0v) is 15.2. The second kappa shape index (κ2) is 8.65. The Labute approximate surface area is 148 Å². The van der Waals surface area contributed by atoms with Crippen LogP contribution in [0.25, 0.3) is 0 Å². The van der Waals surface area contributed by atoms with Crippen molar-refractivity contribution >= 4 is 17.7 Å². The summed E-state index contributed by atoms with van der Waals surface area (Å²) in [5, 5.41) is 3.12. The Hall–Kier alpha value is -1.36. The van der Waals surface area contributed by atoms with Crippen LogP contribution >= 0.6 is 11.8 Å². The molecule has 0 aromatic heterocycles. The highest BCUT2D eigenvalue weighted by molar-refractivity contribution is 8.00. The fraction of sp³-hybridized carbons (Fsp3) is 0.632. The molecule has 1 atom stereocenters. The van der Waals surface area contributed by atoms with Gasteiger partial charge in [-0.3, -0.25) is 4.79 Å². The van der Waals surface area contributed by atoms with Crippen molar-refractivity contribution in [3.63, 3.8) is 0 Å². The van der Waals surface area contributed by atoms with Crippen LogP contribution in [0.2, 0.25) is 0 Å². The average Bonchev–Trinajstić information content (AvgIpc) is 2.97. The van der Waals surface area contributed by atoms with E-state index in [1.54, 1.807) is 11.8 Å². The maximum Gasteiger partial charge on any atom is 0.233 e. The minimum absolute atomic E-state index is 0.113. The molecule has 4 nitrogen and oxygen atoms in total. The Morgan fingerprint density at radius 2 is 1.79 bits per heavy atom. The summed E-state index contributed by atoms with van der Waals surface area (Å²) in [7, 11) is 0. The predicted octanol–water partition coefficient (Wildman–Crippen LogP) is 4.17. The highest BCUT2D eigenvalue weighted by Crippen LogP contribution is 2.35. The quantitative estimate of drug-likeness (QED) is 0.655. The maximum atomic E-state index is 12.5. The topological polar surface area (TPSA) is 47.6 Å². The molecule has 1 aliphatic heterocycles. The van der Waals surface area contributed by atoms with Crippen molar-refractivity contribution in [3.05, 3.63) is 18.2 Å². The molecule has 1 N–H and O–H groups in total. The van der Waals surface area contributed by atoms with E-state index in [9.17, 15) is 4.79 Å². The first-order valence-corrected chi connectivity index (χ1v) is 9.97. The van der Waals surface area contributed by atoms with Gasteiger partial charge in [0.15, 0.2) is 11.5 Å². The summed E-state index contributed by atoms with van der Waals surface area (Å²) in [6, 6.07) is 6.29. The molecule has 3 rings (SSSR count). The van der Waals surface area contributed by atoms with Crippen LogP contribution in [0.1, 0.15) is 51.9 Å². The number of nitrogens with one attached hydrogen (secondary N) is 1. The van der Waals surface area contributed by atoms with Crippen molar-refractivity contribution in [3.8, 4) is 11.5 Å². The number of amides is 1. The van der Waals surface area contributed by atoms with Crippen LogP contribution in [0.3, 0.4) is 0 Å². The molecule has 1 fully saturated rings. The molecule has 0 bridgehead atoms. The molecule has 1 aromatic rings. The van der Waals surface area contributed by atoms with Crippen molar-refractivity contribution in [1.82, 2.24) is 5.32 Å². The van der Waals surface area contributed by atoms with Crippen LogP contribution in [-0.4, -0.2) is 30.4 Å². The Morgan fingerprint density at radius 3 is 2.54 bits per heavy atom. The molecular weight excluding hydrogens is 322 g/mol. The largest absolute Gasteiger partial charge is 0.490 e. The molecule has 0 spiro atoms. The van der Waals surface area contributed by atoms with Crippen molar-refractivity contribution in [1.29, 1.82) is 0 Å². The first kappa shape index (κ1) is 17.5. The van der Waals surface area contributed by atoms with Gasteiger partial charge in [-0.15, -0.1) is 11.8 Å². The van der Waals surface area contributed by atoms with Crippen molar-refractivity contribution in [2.75, 3.05) is 13.2 Å². The van der Waals surface area contributed by atoms with Gasteiger partial charge < -0.3 is 14.8 Å². The number of thioether (sulfide) groups is 1. The third-order valence-electron chi connectivity index (χ3n) is 4.60. The molecule has 1 aromatic carbocycles. The van der Waals surface area contributed by atoms with Crippen LogP contribution in [-0.2, 0) is 4.79 Å². The predicted molar refractivity (Wildman–Crippen MR) is 97.0 cm³/mol. The van der Waals surface area contributed by atoms with Gasteiger partial charge in [-0.05, 0) is 38.0 Å². The minimum atomic E-state index is -0.113. The second-order valence-electron chi connectivity index (χ2n) is 6.62. The molecule has 24 heavy (non-hydrogen) atoms. The van der Waals surface area contributed by atoms with E-state index in [0.29, 0.717) is 19.3 Å². The fourth-order valence-corrected chi connectivity index (χ4v) is 4.12. The van der Waals surface area contributed by atoms with Gasteiger partial charge in [-0.1, -0.05) is 25.7 Å². The van der Waals surface area contributed by atoms with E-state index in [1.165, 1.54) is 25.7 Å². The summed E-state index contributed by atoms with van der Waals surface area (Å²) in [5.41, 5.74) is 0. The summed E-state index contributed by atoms with van der Waals surface area (Å²) in [4.78, 5) is 13.5. The van der Waals surface area contributed by atoms with E-state index >= 15 is 0 Å². The number of hydrogen-bond acceptors (Lipinski definition) is 4. The summed E-state index contributed by atoms with van der Waals surface area (Å²) in [6.07, 6.45) is 8.20. The number of ether oxygens (including phenoxy) is 2. The van der Waals surface area contributed by atoms with Crippen LogP contribution in [0.4, 0.5) is 0 Å². The number of benzene rings is 1. The molecule has 1 aliphatic carbocycles. The van der Waals surface area contributed by atoms with Crippen LogP contribution in [0.15, 0.2) is 23.1 Å². The van der Waals surface area contributed by atoms with Gasteiger partial charge >= 0.3 is 0 Å². The van der Waals surface area contributed by atoms with Crippen LogP contribution in [0.5, 0.6) is 11.5 Å². The summed E-state index contributed by atoms with van der Waals surface area (Å²) in [6.45, 7) is 3.35. The third-order valence-corrected chi connectivity index (χ3v) is 5.70. The van der Waals surface area contributed by atoms with E-state index in [0.717, 1.165) is 35.7 Å². The van der Waals surface area contributed by atoms with Gasteiger partial charge in [0.1, 0.15) is 0 Å². The molecule has 1 saturated carbocycles. The lowest BCUT2D eigenvalue weighted by molar-refractivity contribution is -0.121. The Morgan fingerprint density at radius 1 is 1.08 bits per heavy atom. The summed E-state index contributed by atoms with van der Waals surface area (Å²) >= 11 is 1.58. The molecule has 1 heterocycles. The van der Waals surface area contributed by atoms with Gasteiger partial charge in [0.2, 0.25) is 5.91 Å². The van der Waals surface area contributed by atoms with E-state index in [4.69, 9.17) is 9.47 Å². The lowest BCUT2D eigenvalue weighted by atomic mass is 10.1. The first-order valence-electron chi connectivity index (χ1n) is 9.09. The molecular formula is C19H27NO3S. The van der Waals surface area contributed by atoms with Gasteiger partial charge in [-0.2, -0.15) is 0 Å².